The molecule has 0 radical (unpaired) electrons. The summed E-state index contributed by atoms with van der Waals surface area (Å²) in [5.41, 5.74) is -1.94. The molecule has 0 aliphatic carbocycles. The number of carbonyl (C=O) groups is 3. The number of amides is 2. The van der Waals surface area contributed by atoms with Crippen LogP contribution in [0.1, 0.15) is 18.1 Å². The van der Waals surface area contributed by atoms with Crippen LogP contribution in [-0.4, -0.2) is 40.1 Å². The lowest BCUT2D eigenvalue weighted by atomic mass is 10.1. The van der Waals surface area contributed by atoms with Crippen LogP contribution in [0.2, 0.25) is 0 Å². The van der Waals surface area contributed by atoms with E-state index in [1.165, 1.54) is 24.3 Å². The van der Waals surface area contributed by atoms with Crippen molar-refractivity contribution in [1.82, 2.24) is 4.90 Å². The Kier molecular flexibility index (Phi) is 7.85. The van der Waals surface area contributed by atoms with Gasteiger partial charge in [0, 0.05) is 16.1 Å². The standard InChI is InChI=1S/C21H14BrF3N2O7S/c1-2-33-18(28)10-26-19(29)17(35-20(26)30)8-11-7-13(22)4-6-15(11)34-16-5-3-12(21(23,24)25)9-14(16)27(31)32/h3-9H,2,10H2,1H3/b17-8-. The van der Waals surface area contributed by atoms with Crippen molar-refractivity contribution in [1.29, 1.82) is 0 Å². The highest BCUT2D eigenvalue weighted by atomic mass is 79.9. The molecule has 0 bridgehead atoms. The van der Waals surface area contributed by atoms with Crippen molar-refractivity contribution < 1.29 is 42.0 Å². The van der Waals surface area contributed by atoms with Crippen LogP contribution in [0.15, 0.2) is 45.8 Å². The summed E-state index contributed by atoms with van der Waals surface area (Å²) in [6, 6.07) is 6.18. The molecule has 0 atom stereocenters. The molecule has 184 valence electrons. The number of nitrogens with zero attached hydrogens (tertiary/aromatic N) is 2. The van der Waals surface area contributed by atoms with E-state index in [0.29, 0.717) is 33.3 Å². The van der Waals surface area contributed by atoms with E-state index >= 15 is 0 Å². The maximum absolute atomic E-state index is 13.0. The Labute approximate surface area is 208 Å². The molecule has 14 heteroatoms. The maximum atomic E-state index is 13.0. The van der Waals surface area contributed by atoms with Gasteiger partial charge < -0.3 is 9.47 Å². The molecule has 9 nitrogen and oxygen atoms in total. The van der Waals surface area contributed by atoms with Gasteiger partial charge in [0.05, 0.1) is 22.0 Å². The molecule has 0 unspecified atom stereocenters. The van der Waals surface area contributed by atoms with Crippen LogP contribution in [0.3, 0.4) is 0 Å². The van der Waals surface area contributed by atoms with Gasteiger partial charge in [0.2, 0.25) is 5.75 Å². The summed E-state index contributed by atoms with van der Waals surface area (Å²) in [5, 5.41) is 10.7. The number of hydrogen-bond acceptors (Lipinski definition) is 8. The molecule has 0 spiro atoms. The fourth-order valence-corrected chi connectivity index (χ4v) is 4.09. The highest BCUT2D eigenvalue weighted by molar-refractivity contribution is 9.10. The molecule has 2 aromatic rings. The molecule has 3 rings (SSSR count). The van der Waals surface area contributed by atoms with Gasteiger partial charge in [-0.15, -0.1) is 0 Å². The monoisotopic (exact) mass is 574 g/mol. The van der Waals surface area contributed by atoms with Crippen LogP contribution in [-0.2, 0) is 20.5 Å². The van der Waals surface area contributed by atoms with E-state index in [9.17, 15) is 37.7 Å². The normalized spacial score (nSPS) is 15.0. The van der Waals surface area contributed by atoms with Crippen LogP contribution < -0.4 is 4.74 Å². The van der Waals surface area contributed by atoms with E-state index in [0.717, 1.165) is 6.07 Å². The number of benzene rings is 2. The van der Waals surface area contributed by atoms with Crippen LogP contribution in [0.25, 0.3) is 6.08 Å². The minimum Gasteiger partial charge on any atom is -0.465 e. The number of thioether (sulfide) groups is 1. The summed E-state index contributed by atoms with van der Waals surface area (Å²) in [5.74, 6) is -2.03. The number of nitro groups is 1. The van der Waals surface area contributed by atoms with Crippen LogP contribution >= 0.6 is 27.7 Å². The first-order valence-electron chi connectivity index (χ1n) is 9.64. The van der Waals surface area contributed by atoms with E-state index < -0.39 is 51.8 Å². The summed E-state index contributed by atoms with van der Waals surface area (Å²) in [6.07, 6.45) is -3.52. The number of alkyl halides is 3. The second kappa shape index (κ2) is 10.5. The molecule has 1 saturated heterocycles. The third-order valence-electron chi connectivity index (χ3n) is 4.43. The number of halogens is 4. The average molecular weight is 575 g/mol. The summed E-state index contributed by atoms with van der Waals surface area (Å²) in [6.45, 7) is 1.07. The van der Waals surface area contributed by atoms with E-state index in [1.54, 1.807) is 6.92 Å². The van der Waals surface area contributed by atoms with Crippen molar-refractivity contribution in [2.45, 2.75) is 13.1 Å². The van der Waals surface area contributed by atoms with E-state index in [-0.39, 0.29) is 22.8 Å². The Morgan fingerprint density at radius 2 is 1.89 bits per heavy atom. The fourth-order valence-electron chi connectivity index (χ4n) is 2.88. The van der Waals surface area contributed by atoms with Gasteiger partial charge in [-0.1, -0.05) is 15.9 Å². The molecule has 0 saturated carbocycles. The molecule has 1 heterocycles. The lowest BCUT2D eigenvalue weighted by molar-refractivity contribution is -0.385. The van der Waals surface area contributed by atoms with E-state index in [1.807, 2.05) is 0 Å². The largest absolute Gasteiger partial charge is 0.465 e. The number of carbonyl (C=O) groups excluding carboxylic acids is 3. The predicted octanol–water partition coefficient (Wildman–Crippen LogP) is 5.77. The Balaban J connectivity index is 1.96. The second-order valence-electron chi connectivity index (χ2n) is 6.79. The lowest BCUT2D eigenvalue weighted by Crippen LogP contribution is -2.34. The zero-order valence-corrected chi connectivity index (χ0v) is 20.0. The molecule has 0 N–H and O–H groups in total. The number of rotatable bonds is 7. The molecular weight excluding hydrogens is 561 g/mol. The van der Waals surface area contributed by atoms with Crippen molar-refractivity contribution in [3.63, 3.8) is 0 Å². The smallest absolute Gasteiger partial charge is 0.416 e. The van der Waals surface area contributed by atoms with Crippen molar-refractivity contribution in [3.8, 4) is 11.5 Å². The third-order valence-corrected chi connectivity index (χ3v) is 5.83. The maximum Gasteiger partial charge on any atom is 0.416 e. The highest BCUT2D eigenvalue weighted by Crippen LogP contribution is 2.40. The summed E-state index contributed by atoms with van der Waals surface area (Å²) >= 11 is 3.80. The summed E-state index contributed by atoms with van der Waals surface area (Å²) < 4.78 is 49.8. The Bertz CT molecular complexity index is 1250. The van der Waals surface area contributed by atoms with Gasteiger partial charge in [-0.05, 0) is 55.1 Å². The van der Waals surface area contributed by atoms with Crippen molar-refractivity contribution in [3.05, 3.63) is 67.0 Å². The lowest BCUT2D eigenvalue weighted by Gasteiger charge is -2.12. The van der Waals surface area contributed by atoms with Gasteiger partial charge in [-0.3, -0.25) is 29.4 Å². The van der Waals surface area contributed by atoms with E-state index in [2.05, 4.69) is 15.9 Å². The first-order valence-corrected chi connectivity index (χ1v) is 11.3. The number of ether oxygens (including phenoxy) is 2. The van der Waals surface area contributed by atoms with Crippen LogP contribution in [0.4, 0.5) is 23.7 Å². The van der Waals surface area contributed by atoms with Crippen molar-refractivity contribution in [2.75, 3.05) is 13.2 Å². The van der Waals surface area contributed by atoms with Crippen LogP contribution in [0.5, 0.6) is 11.5 Å². The zero-order chi connectivity index (χ0) is 25.9. The number of hydrogen-bond donors (Lipinski definition) is 0. The minimum absolute atomic E-state index is 0.0340. The fraction of sp³-hybridized carbons (Fsp3) is 0.190. The first kappa shape index (κ1) is 26.2. The van der Waals surface area contributed by atoms with Gasteiger partial charge in [-0.25, -0.2) is 0 Å². The molecule has 1 aliphatic rings. The molecule has 35 heavy (non-hydrogen) atoms. The molecular formula is C21H14BrF3N2O7S. The summed E-state index contributed by atoms with van der Waals surface area (Å²) in [4.78, 5) is 47.5. The number of esters is 1. The second-order valence-corrected chi connectivity index (χ2v) is 8.70. The van der Waals surface area contributed by atoms with Crippen LogP contribution in [0, 0.1) is 10.1 Å². The van der Waals surface area contributed by atoms with Crippen molar-refractivity contribution in [2.24, 2.45) is 0 Å². The highest BCUT2D eigenvalue weighted by Gasteiger charge is 2.37. The van der Waals surface area contributed by atoms with Gasteiger partial charge in [0.25, 0.3) is 11.1 Å². The Morgan fingerprint density at radius 1 is 1.20 bits per heavy atom. The Morgan fingerprint density at radius 3 is 2.51 bits per heavy atom. The molecule has 0 aromatic heterocycles. The zero-order valence-electron chi connectivity index (χ0n) is 17.6. The van der Waals surface area contributed by atoms with Gasteiger partial charge in [0.1, 0.15) is 12.3 Å². The molecule has 2 amide bonds. The third kappa shape index (κ3) is 6.19. The first-order chi connectivity index (χ1) is 16.4. The van der Waals surface area contributed by atoms with Gasteiger partial charge in [-0.2, -0.15) is 13.2 Å². The molecule has 2 aromatic carbocycles. The topological polar surface area (TPSA) is 116 Å². The van der Waals surface area contributed by atoms with Gasteiger partial charge >= 0.3 is 17.8 Å². The quantitative estimate of drug-likeness (QED) is 0.177. The molecule has 1 fully saturated rings. The minimum atomic E-state index is -4.79. The average Bonchev–Trinajstić information content (AvgIpc) is 3.02. The SMILES string of the molecule is CCOC(=O)CN1C(=O)S/C(=C\c2cc(Br)ccc2Oc2ccc(C(F)(F)F)cc2[N+](=O)[O-])C1=O. The number of nitro benzene ring substituents is 1. The summed E-state index contributed by atoms with van der Waals surface area (Å²) in [7, 11) is 0. The van der Waals surface area contributed by atoms with Gasteiger partial charge in [0.15, 0.2) is 0 Å². The van der Waals surface area contributed by atoms with Crippen molar-refractivity contribution >= 4 is 56.6 Å². The van der Waals surface area contributed by atoms with E-state index in [4.69, 9.17) is 9.47 Å². The predicted molar refractivity (Wildman–Crippen MR) is 122 cm³/mol. The molecule has 1 aliphatic heterocycles. The Hall–Kier alpha value is -3.39. The number of imide groups is 1.